The SMILES string of the molecule is CN1CCN(C(CNC(=O)NCCCc2ccccc2)c2ccc3c(c2)CCN3C)CC1. The summed E-state index contributed by atoms with van der Waals surface area (Å²) in [5.74, 6) is 0. The van der Waals surface area contributed by atoms with Crippen molar-refractivity contribution in [2.45, 2.75) is 25.3 Å². The lowest BCUT2D eigenvalue weighted by Gasteiger charge is -2.38. The normalized spacial score (nSPS) is 17.8. The second kappa shape index (κ2) is 10.8. The van der Waals surface area contributed by atoms with Crippen molar-refractivity contribution in [1.82, 2.24) is 20.4 Å². The number of nitrogens with zero attached hydrogens (tertiary/aromatic N) is 3. The summed E-state index contributed by atoms with van der Waals surface area (Å²) in [7, 11) is 4.34. The first-order valence-corrected chi connectivity index (χ1v) is 11.9. The Labute approximate surface area is 192 Å². The van der Waals surface area contributed by atoms with Gasteiger partial charge in [-0.1, -0.05) is 42.5 Å². The number of urea groups is 1. The Hall–Kier alpha value is -2.57. The molecule has 4 rings (SSSR count). The molecule has 172 valence electrons. The van der Waals surface area contributed by atoms with E-state index < -0.39 is 0 Å². The quantitative estimate of drug-likeness (QED) is 0.626. The van der Waals surface area contributed by atoms with E-state index in [0.29, 0.717) is 13.1 Å². The number of fused-ring (bicyclic) bond motifs is 1. The molecule has 2 aliphatic heterocycles. The van der Waals surface area contributed by atoms with Crippen LogP contribution in [0.2, 0.25) is 0 Å². The van der Waals surface area contributed by atoms with Crippen LogP contribution in [0.25, 0.3) is 0 Å². The average Bonchev–Trinajstić information content (AvgIpc) is 3.19. The first-order valence-electron chi connectivity index (χ1n) is 11.9. The van der Waals surface area contributed by atoms with E-state index in [2.05, 4.69) is 81.9 Å². The molecule has 0 aliphatic carbocycles. The number of likely N-dealkylation sites (N-methyl/N-ethyl adjacent to an activating group) is 2. The van der Waals surface area contributed by atoms with Crippen molar-refractivity contribution in [3.63, 3.8) is 0 Å². The van der Waals surface area contributed by atoms with E-state index in [-0.39, 0.29) is 12.1 Å². The highest BCUT2D eigenvalue weighted by atomic mass is 16.2. The minimum atomic E-state index is -0.0712. The van der Waals surface area contributed by atoms with Crippen molar-refractivity contribution in [2.24, 2.45) is 0 Å². The molecule has 6 heteroatoms. The molecule has 0 radical (unpaired) electrons. The zero-order chi connectivity index (χ0) is 22.3. The molecular weight excluding hydrogens is 398 g/mol. The van der Waals surface area contributed by atoms with Gasteiger partial charge in [-0.3, -0.25) is 4.90 Å². The standard InChI is InChI=1S/C26H37N5O/c1-29-15-17-31(18-16-29)25(22-10-11-24-23(19-22)12-14-30(24)2)20-28-26(32)27-13-6-9-21-7-4-3-5-8-21/h3-5,7-8,10-11,19,25H,6,9,12-18,20H2,1-2H3,(H2,27,28,32). The molecule has 6 nitrogen and oxygen atoms in total. The Balaban J connectivity index is 1.33. The predicted octanol–water partition coefficient (Wildman–Crippen LogP) is 2.90. The molecule has 2 N–H and O–H groups in total. The van der Waals surface area contributed by atoms with Crippen LogP contribution >= 0.6 is 0 Å². The van der Waals surface area contributed by atoms with Gasteiger partial charge in [-0.2, -0.15) is 0 Å². The third-order valence-electron chi connectivity index (χ3n) is 6.82. The van der Waals surface area contributed by atoms with E-state index >= 15 is 0 Å². The summed E-state index contributed by atoms with van der Waals surface area (Å²) in [6.45, 7) is 6.58. The van der Waals surface area contributed by atoms with E-state index in [1.807, 2.05) is 6.07 Å². The third kappa shape index (κ3) is 5.81. The first kappa shape index (κ1) is 22.6. The molecule has 2 heterocycles. The van der Waals surface area contributed by atoms with Crippen molar-refractivity contribution in [3.8, 4) is 0 Å². The van der Waals surface area contributed by atoms with E-state index in [1.54, 1.807) is 0 Å². The highest BCUT2D eigenvalue weighted by Crippen LogP contribution is 2.31. The summed E-state index contributed by atoms with van der Waals surface area (Å²) >= 11 is 0. The first-order chi connectivity index (χ1) is 15.6. The molecule has 1 saturated heterocycles. The fourth-order valence-electron chi connectivity index (χ4n) is 4.78. The molecule has 2 aromatic carbocycles. The van der Waals surface area contributed by atoms with Crippen molar-refractivity contribution < 1.29 is 4.79 Å². The number of benzene rings is 2. The number of piperazine rings is 1. The molecule has 0 saturated carbocycles. The monoisotopic (exact) mass is 435 g/mol. The highest BCUT2D eigenvalue weighted by Gasteiger charge is 2.26. The van der Waals surface area contributed by atoms with Crippen LogP contribution in [0.5, 0.6) is 0 Å². The average molecular weight is 436 g/mol. The van der Waals surface area contributed by atoms with Gasteiger partial charge in [0, 0.05) is 58.5 Å². The number of rotatable bonds is 8. The van der Waals surface area contributed by atoms with Gasteiger partial charge in [0.2, 0.25) is 0 Å². The van der Waals surface area contributed by atoms with E-state index in [9.17, 15) is 4.79 Å². The summed E-state index contributed by atoms with van der Waals surface area (Å²) in [5, 5.41) is 6.18. The number of hydrogen-bond acceptors (Lipinski definition) is 4. The minimum absolute atomic E-state index is 0.0712. The van der Waals surface area contributed by atoms with Crippen LogP contribution in [-0.4, -0.2) is 75.7 Å². The molecule has 2 amide bonds. The summed E-state index contributed by atoms with van der Waals surface area (Å²) in [5.41, 5.74) is 5.39. The Morgan fingerprint density at radius 2 is 1.75 bits per heavy atom. The van der Waals surface area contributed by atoms with Crippen molar-refractivity contribution in [2.75, 3.05) is 64.8 Å². The number of nitrogens with one attached hydrogen (secondary N) is 2. The lowest BCUT2D eigenvalue weighted by molar-refractivity contribution is 0.111. The zero-order valence-electron chi connectivity index (χ0n) is 19.5. The minimum Gasteiger partial charge on any atom is -0.374 e. The number of amides is 2. The largest absolute Gasteiger partial charge is 0.374 e. The van der Waals surface area contributed by atoms with Gasteiger partial charge >= 0.3 is 6.03 Å². The van der Waals surface area contributed by atoms with Crippen LogP contribution in [0, 0.1) is 0 Å². The van der Waals surface area contributed by atoms with Crippen LogP contribution in [-0.2, 0) is 12.8 Å². The maximum Gasteiger partial charge on any atom is 0.314 e. The van der Waals surface area contributed by atoms with Crippen molar-refractivity contribution in [1.29, 1.82) is 0 Å². The van der Waals surface area contributed by atoms with Gasteiger partial charge in [-0.15, -0.1) is 0 Å². The fourth-order valence-corrected chi connectivity index (χ4v) is 4.78. The zero-order valence-corrected chi connectivity index (χ0v) is 19.5. The summed E-state index contributed by atoms with van der Waals surface area (Å²) in [4.78, 5) is 19.7. The summed E-state index contributed by atoms with van der Waals surface area (Å²) in [6.07, 6.45) is 3.02. The van der Waals surface area contributed by atoms with E-state index in [0.717, 1.165) is 52.0 Å². The lowest BCUT2D eigenvalue weighted by Crippen LogP contribution is -2.49. The molecular formula is C26H37N5O. The van der Waals surface area contributed by atoms with Gasteiger partial charge in [0.25, 0.3) is 0 Å². The highest BCUT2D eigenvalue weighted by molar-refractivity contribution is 5.73. The number of anilines is 1. The fraction of sp³-hybridized carbons (Fsp3) is 0.500. The molecule has 32 heavy (non-hydrogen) atoms. The van der Waals surface area contributed by atoms with Gasteiger partial charge in [0.1, 0.15) is 0 Å². The third-order valence-corrected chi connectivity index (χ3v) is 6.82. The van der Waals surface area contributed by atoms with Gasteiger partial charge in [-0.25, -0.2) is 4.79 Å². The second-order valence-electron chi connectivity index (χ2n) is 9.14. The molecule has 2 aromatic rings. The molecule has 1 fully saturated rings. The topological polar surface area (TPSA) is 50.9 Å². The van der Waals surface area contributed by atoms with Crippen LogP contribution in [0.15, 0.2) is 48.5 Å². The molecule has 1 atom stereocenters. The maximum atomic E-state index is 12.5. The summed E-state index contributed by atoms with van der Waals surface area (Å²) in [6, 6.07) is 17.4. The van der Waals surface area contributed by atoms with Gasteiger partial charge in [-0.05, 0) is 49.1 Å². The van der Waals surface area contributed by atoms with Gasteiger partial charge in [0.05, 0.1) is 6.04 Å². The predicted molar refractivity (Wildman–Crippen MR) is 131 cm³/mol. The van der Waals surface area contributed by atoms with Crippen LogP contribution in [0.4, 0.5) is 10.5 Å². The van der Waals surface area contributed by atoms with Gasteiger partial charge < -0.3 is 20.4 Å². The Bertz CT molecular complexity index is 879. The van der Waals surface area contributed by atoms with Gasteiger partial charge in [0.15, 0.2) is 0 Å². The molecule has 0 spiro atoms. The Kier molecular flexibility index (Phi) is 7.66. The van der Waals surface area contributed by atoms with E-state index in [4.69, 9.17) is 0 Å². The van der Waals surface area contributed by atoms with Crippen LogP contribution < -0.4 is 15.5 Å². The molecule has 0 aromatic heterocycles. The Morgan fingerprint density at radius 3 is 2.53 bits per heavy atom. The smallest absolute Gasteiger partial charge is 0.314 e. The number of aryl methyl sites for hydroxylation is 1. The summed E-state index contributed by atoms with van der Waals surface area (Å²) < 4.78 is 0. The van der Waals surface area contributed by atoms with Crippen LogP contribution in [0.1, 0.15) is 29.2 Å². The number of hydrogen-bond donors (Lipinski definition) is 2. The maximum absolute atomic E-state index is 12.5. The second-order valence-corrected chi connectivity index (χ2v) is 9.14. The molecule has 2 aliphatic rings. The number of carbonyl (C=O) groups is 1. The molecule has 0 bridgehead atoms. The van der Waals surface area contributed by atoms with E-state index in [1.165, 1.54) is 22.4 Å². The number of carbonyl (C=O) groups excluding carboxylic acids is 1. The van der Waals surface area contributed by atoms with Crippen molar-refractivity contribution in [3.05, 3.63) is 65.2 Å². The van der Waals surface area contributed by atoms with Crippen molar-refractivity contribution >= 4 is 11.7 Å². The Morgan fingerprint density at radius 1 is 0.969 bits per heavy atom. The molecule has 1 unspecified atom stereocenters. The lowest BCUT2D eigenvalue weighted by atomic mass is 10.00. The van der Waals surface area contributed by atoms with Crippen LogP contribution in [0.3, 0.4) is 0 Å².